The van der Waals surface area contributed by atoms with Crippen molar-refractivity contribution < 1.29 is 4.52 Å². The molecular weight excluding hydrogens is 214 g/mol. The highest BCUT2D eigenvalue weighted by Gasteiger charge is 2.36. The van der Waals surface area contributed by atoms with Gasteiger partial charge in [-0.25, -0.2) is 0 Å². The van der Waals surface area contributed by atoms with Gasteiger partial charge in [0.15, 0.2) is 5.82 Å². The number of rotatable bonds is 3. The van der Waals surface area contributed by atoms with Crippen molar-refractivity contribution in [2.45, 2.75) is 70.3 Å². The first-order valence-corrected chi connectivity index (χ1v) is 6.61. The predicted octanol–water partition coefficient (Wildman–Crippen LogP) is 2.88. The van der Waals surface area contributed by atoms with E-state index in [-0.39, 0.29) is 5.41 Å². The second-order valence-electron chi connectivity index (χ2n) is 5.82. The lowest BCUT2D eigenvalue weighted by atomic mass is 9.75. The fourth-order valence-corrected chi connectivity index (χ4v) is 2.40. The topological polar surface area (TPSA) is 64.9 Å². The molecule has 4 nitrogen and oxygen atoms in total. The summed E-state index contributed by atoms with van der Waals surface area (Å²) in [6.07, 6.45) is 6.91. The van der Waals surface area contributed by atoms with Crippen molar-refractivity contribution in [1.29, 1.82) is 0 Å². The standard InChI is InChI=1S/C13H23N3O/c1-4-13(3,14)10-15-11(17-16-10)12(2)8-6-5-7-9-12/h4-9,14H2,1-3H3. The third-order valence-corrected chi connectivity index (χ3v) is 4.14. The molecule has 1 fully saturated rings. The van der Waals surface area contributed by atoms with Gasteiger partial charge in [0.25, 0.3) is 0 Å². The minimum absolute atomic E-state index is 0.0628. The Morgan fingerprint density at radius 2 is 2.00 bits per heavy atom. The smallest absolute Gasteiger partial charge is 0.232 e. The van der Waals surface area contributed by atoms with Gasteiger partial charge in [-0.05, 0) is 26.2 Å². The minimum atomic E-state index is -0.479. The van der Waals surface area contributed by atoms with Crippen LogP contribution in [0.25, 0.3) is 0 Å². The maximum absolute atomic E-state index is 6.14. The number of nitrogens with zero attached hydrogens (tertiary/aromatic N) is 2. The molecule has 1 unspecified atom stereocenters. The molecule has 1 aromatic rings. The summed E-state index contributed by atoms with van der Waals surface area (Å²) in [5.41, 5.74) is 5.72. The molecule has 2 rings (SSSR count). The Labute approximate surface area is 103 Å². The van der Waals surface area contributed by atoms with Gasteiger partial charge in [0, 0.05) is 5.41 Å². The van der Waals surface area contributed by atoms with Crippen LogP contribution in [0.5, 0.6) is 0 Å². The van der Waals surface area contributed by atoms with E-state index >= 15 is 0 Å². The van der Waals surface area contributed by atoms with Crippen LogP contribution in [0.15, 0.2) is 4.52 Å². The van der Waals surface area contributed by atoms with Crippen LogP contribution in [-0.2, 0) is 11.0 Å². The molecule has 0 radical (unpaired) electrons. The van der Waals surface area contributed by atoms with Crippen molar-refractivity contribution in [2.75, 3.05) is 0 Å². The summed E-state index contributed by atoms with van der Waals surface area (Å²) in [4.78, 5) is 4.55. The molecule has 4 heteroatoms. The average Bonchev–Trinajstić information content (AvgIpc) is 2.80. The van der Waals surface area contributed by atoms with Gasteiger partial charge in [-0.2, -0.15) is 4.98 Å². The lowest BCUT2D eigenvalue weighted by molar-refractivity contribution is 0.230. The monoisotopic (exact) mass is 237 g/mol. The lowest BCUT2D eigenvalue weighted by Gasteiger charge is -2.29. The molecule has 96 valence electrons. The molecule has 0 aliphatic heterocycles. The molecule has 1 aromatic heterocycles. The Balaban J connectivity index is 2.23. The average molecular weight is 237 g/mol. The molecule has 0 bridgehead atoms. The van der Waals surface area contributed by atoms with E-state index < -0.39 is 5.54 Å². The molecule has 0 saturated heterocycles. The van der Waals surface area contributed by atoms with Crippen LogP contribution < -0.4 is 5.73 Å². The first-order chi connectivity index (χ1) is 7.98. The SMILES string of the molecule is CCC(C)(N)c1noc(C2(C)CCCCC2)n1. The third-order valence-electron chi connectivity index (χ3n) is 4.14. The summed E-state index contributed by atoms with van der Waals surface area (Å²) in [6.45, 7) is 6.21. The summed E-state index contributed by atoms with van der Waals surface area (Å²) in [6, 6.07) is 0. The van der Waals surface area contributed by atoms with E-state index in [4.69, 9.17) is 10.3 Å². The highest BCUT2D eigenvalue weighted by Crippen LogP contribution is 2.38. The summed E-state index contributed by atoms with van der Waals surface area (Å²) >= 11 is 0. The van der Waals surface area contributed by atoms with Gasteiger partial charge in [0.05, 0.1) is 5.54 Å². The Hall–Kier alpha value is -0.900. The van der Waals surface area contributed by atoms with Crippen LogP contribution in [0.2, 0.25) is 0 Å². The minimum Gasteiger partial charge on any atom is -0.339 e. The normalized spacial score (nSPS) is 23.3. The predicted molar refractivity (Wildman–Crippen MR) is 66.6 cm³/mol. The van der Waals surface area contributed by atoms with E-state index in [9.17, 15) is 0 Å². The molecule has 2 N–H and O–H groups in total. The maximum atomic E-state index is 6.14. The number of hydrogen-bond donors (Lipinski definition) is 1. The van der Waals surface area contributed by atoms with Gasteiger partial charge in [-0.1, -0.05) is 38.3 Å². The molecule has 1 saturated carbocycles. The summed E-state index contributed by atoms with van der Waals surface area (Å²) in [5.74, 6) is 1.42. The van der Waals surface area contributed by atoms with Crippen molar-refractivity contribution in [3.05, 3.63) is 11.7 Å². The van der Waals surface area contributed by atoms with Crippen molar-refractivity contribution in [3.8, 4) is 0 Å². The zero-order valence-electron chi connectivity index (χ0n) is 11.1. The molecule has 0 aromatic carbocycles. The zero-order valence-corrected chi connectivity index (χ0v) is 11.1. The summed E-state index contributed by atoms with van der Waals surface area (Å²) in [5, 5.41) is 4.07. The van der Waals surface area contributed by atoms with Crippen molar-refractivity contribution in [3.63, 3.8) is 0 Å². The fraction of sp³-hybridized carbons (Fsp3) is 0.846. The van der Waals surface area contributed by atoms with Gasteiger partial charge < -0.3 is 10.3 Å². The molecule has 1 aliphatic rings. The highest BCUT2D eigenvalue weighted by atomic mass is 16.5. The Kier molecular flexibility index (Phi) is 3.25. The fourth-order valence-electron chi connectivity index (χ4n) is 2.40. The van der Waals surface area contributed by atoms with Crippen LogP contribution in [-0.4, -0.2) is 10.1 Å². The van der Waals surface area contributed by atoms with Gasteiger partial charge in [-0.3, -0.25) is 0 Å². The van der Waals surface area contributed by atoms with Gasteiger partial charge in [-0.15, -0.1) is 0 Å². The van der Waals surface area contributed by atoms with Crippen LogP contribution in [0.1, 0.15) is 71.0 Å². The quantitative estimate of drug-likeness (QED) is 0.878. The largest absolute Gasteiger partial charge is 0.339 e. The molecule has 1 aliphatic carbocycles. The van der Waals surface area contributed by atoms with Crippen LogP contribution in [0.4, 0.5) is 0 Å². The first-order valence-electron chi connectivity index (χ1n) is 6.61. The Bertz CT molecular complexity index is 378. The Morgan fingerprint density at radius 1 is 1.35 bits per heavy atom. The van der Waals surface area contributed by atoms with E-state index in [0.29, 0.717) is 5.82 Å². The second kappa shape index (κ2) is 4.41. The van der Waals surface area contributed by atoms with E-state index in [1.54, 1.807) is 0 Å². The van der Waals surface area contributed by atoms with Crippen molar-refractivity contribution >= 4 is 0 Å². The Morgan fingerprint density at radius 3 is 2.59 bits per heavy atom. The highest BCUT2D eigenvalue weighted by molar-refractivity contribution is 5.08. The van der Waals surface area contributed by atoms with Gasteiger partial charge in [0.2, 0.25) is 5.89 Å². The number of hydrogen-bond acceptors (Lipinski definition) is 4. The van der Waals surface area contributed by atoms with Crippen molar-refractivity contribution in [1.82, 2.24) is 10.1 Å². The molecule has 1 heterocycles. The van der Waals surface area contributed by atoms with Crippen LogP contribution in [0, 0.1) is 0 Å². The lowest BCUT2D eigenvalue weighted by Crippen LogP contribution is -2.33. The number of nitrogens with two attached hydrogens (primary N) is 1. The zero-order chi connectivity index (χ0) is 12.5. The van der Waals surface area contributed by atoms with Gasteiger partial charge in [0.1, 0.15) is 0 Å². The number of aromatic nitrogens is 2. The maximum Gasteiger partial charge on any atom is 0.232 e. The first kappa shape index (κ1) is 12.6. The van der Waals surface area contributed by atoms with Gasteiger partial charge >= 0.3 is 0 Å². The van der Waals surface area contributed by atoms with E-state index in [1.807, 2.05) is 13.8 Å². The summed E-state index contributed by atoms with van der Waals surface area (Å²) < 4.78 is 5.45. The van der Waals surface area contributed by atoms with Crippen molar-refractivity contribution in [2.24, 2.45) is 5.73 Å². The molecular formula is C13H23N3O. The van der Waals surface area contributed by atoms with E-state index in [1.165, 1.54) is 19.3 Å². The molecule has 0 spiro atoms. The molecule has 1 atom stereocenters. The van der Waals surface area contributed by atoms with Crippen LogP contribution >= 0.6 is 0 Å². The third kappa shape index (κ3) is 2.37. The van der Waals surface area contributed by atoms with Crippen LogP contribution in [0.3, 0.4) is 0 Å². The van der Waals surface area contributed by atoms with E-state index in [2.05, 4.69) is 17.1 Å². The van der Waals surface area contributed by atoms with E-state index in [0.717, 1.165) is 25.2 Å². The summed E-state index contributed by atoms with van der Waals surface area (Å²) in [7, 11) is 0. The molecule has 17 heavy (non-hydrogen) atoms. The second-order valence-corrected chi connectivity index (χ2v) is 5.82. The molecule has 0 amide bonds.